The van der Waals surface area contributed by atoms with E-state index in [1.54, 1.807) is 29.6 Å². The van der Waals surface area contributed by atoms with Gasteiger partial charge in [-0.2, -0.15) is 0 Å². The van der Waals surface area contributed by atoms with Gasteiger partial charge in [-0.3, -0.25) is 4.72 Å². The normalized spacial score (nSPS) is 11.3. The van der Waals surface area contributed by atoms with E-state index >= 15 is 0 Å². The Balaban J connectivity index is 2.33. The summed E-state index contributed by atoms with van der Waals surface area (Å²) in [7, 11) is -3.42. The summed E-state index contributed by atoms with van der Waals surface area (Å²) in [6.45, 7) is 1.87. The van der Waals surface area contributed by atoms with Crippen molar-refractivity contribution < 1.29 is 8.42 Å². The second-order valence-electron chi connectivity index (χ2n) is 3.35. The van der Waals surface area contributed by atoms with Crippen LogP contribution in [0.4, 0.5) is 5.69 Å². The number of anilines is 1. The zero-order valence-corrected chi connectivity index (χ0v) is 10.3. The van der Waals surface area contributed by atoms with Crippen LogP contribution in [0.2, 0.25) is 0 Å². The average molecular weight is 253 g/mol. The molecule has 5 heteroatoms. The Bertz CT molecular complexity index is 574. The molecule has 0 unspecified atom stereocenters. The molecule has 0 aliphatic heterocycles. The Hall–Kier alpha value is -1.33. The van der Waals surface area contributed by atoms with Crippen LogP contribution >= 0.6 is 11.3 Å². The third-order valence-corrected chi connectivity index (χ3v) is 4.91. The fourth-order valence-electron chi connectivity index (χ4n) is 1.30. The second-order valence-corrected chi connectivity index (χ2v) is 6.21. The van der Waals surface area contributed by atoms with Crippen LogP contribution in [0.5, 0.6) is 0 Å². The summed E-state index contributed by atoms with van der Waals surface area (Å²) in [4.78, 5) is 0. The van der Waals surface area contributed by atoms with E-state index in [1.165, 1.54) is 11.3 Å². The zero-order chi connectivity index (χ0) is 11.6. The van der Waals surface area contributed by atoms with Crippen LogP contribution in [-0.4, -0.2) is 8.42 Å². The van der Waals surface area contributed by atoms with Gasteiger partial charge in [-0.25, -0.2) is 8.42 Å². The minimum atomic E-state index is -3.42. The van der Waals surface area contributed by atoms with E-state index in [9.17, 15) is 8.42 Å². The van der Waals surface area contributed by atoms with Crippen molar-refractivity contribution >= 4 is 27.0 Å². The lowest BCUT2D eigenvalue weighted by atomic mass is 10.2. The summed E-state index contributed by atoms with van der Waals surface area (Å²) in [5.41, 5.74) is 1.53. The molecular formula is C11H11NO2S2. The van der Waals surface area contributed by atoms with E-state index in [2.05, 4.69) is 4.72 Å². The third kappa shape index (κ3) is 2.25. The molecule has 0 aliphatic rings. The van der Waals surface area contributed by atoms with E-state index in [0.29, 0.717) is 9.90 Å². The van der Waals surface area contributed by atoms with Gasteiger partial charge in [0.25, 0.3) is 10.0 Å². The van der Waals surface area contributed by atoms with Crippen LogP contribution in [0.15, 0.2) is 46.0 Å². The molecule has 0 bridgehead atoms. The van der Waals surface area contributed by atoms with Crippen molar-refractivity contribution in [1.82, 2.24) is 0 Å². The molecule has 0 atom stereocenters. The van der Waals surface area contributed by atoms with Crippen LogP contribution in [0.3, 0.4) is 0 Å². The highest BCUT2D eigenvalue weighted by Gasteiger charge is 2.15. The first-order valence-electron chi connectivity index (χ1n) is 4.71. The van der Waals surface area contributed by atoms with E-state index in [4.69, 9.17) is 0 Å². The van der Waals surface area contributed by atoms with E-state index < -0.39 is 10.0 Å². The van der Waals surface area contributed by atoms with E-state index in [-0.39, 0.29) is 0 Å². The highest BCUT2D eigenvalue weighted by molar-refractivity contribution is 7.94. The van der Waals surface area contributed by atoms with Crippen molar-refractivity contribution in [3.8, 4) is 0 Å². The molecule has 0 saturated heterocycles. The lowest BCUT2D eigenvalue weighted by molar-refractivity contribution is 0.603. The van der Waals surface area contributed by atoms with Gasteiger partial charge in [0.2, 0.25) is 0 Å². The maximum Gasteiger partial charge on any atom is 0.271 e. The molecule has 2 rings (SSSR count). The topological polar surface area (TPSA) is 46.2 Å². The van der Waals surface area contributed by atoms with Gasteiger partial charge in [-0.1, -0.05) is 24.3 Å². The zero-order valence-electron chi connectivity index (χ0n) is 8.67. The van der Waals surface area contributed by atoms with Gasteiger partial charge in [0.1, 0.15) is 4.21 Å². The summed E-state index contributed by atoms with van der Waals surface area (Å²) in [6.07, 6.45) is 0. The molecule has 0 spiro atoms. The summed E-state index contributed by atoms with van der Waals surface area (Å²) in [6, 6.07) is 10.6. The van der Waals surface area contributed by atoms with Gasteiger partial charge in [-0.15, -0.1) is 11.3 Å². The summed E-state index contributed by atoms with van der Waals surface area (Å²) in [5, 5.41) is 1.74. The van der Waals surface area contributed by atoms with Crippen LogP contribution in [-0.2, 0) is 10.0 Å². The first-order chi connectivity index (χ1) is 7.59. The lowest BCUT2D eigenvalue weighted by Crippen LogP contribution is -2.12. The number of aryl methyl sites for hydroxylation is 1. The minimum Gasteiger partial charge on any atom is -0.279 e. The number of rotatable bonds is 3. The van der Waals surface area contributed by atoms with E-state index in [1.807, 2.05) is 19.1 Å². The average Bonchev–Trinajstić information content (AvgIpc) is 2.75. The van der Waals surface area contributed by atoms with Gasteiger partial charge < -0.3 is 0 Å². The van der Waals surface area contributed by atoms with Gasteiger partial charge in [0, 0.05) is 0 Å². The van der Waals surface area contributed by atoms with Crippen LogP contribution in [0.1, 0.15) is 5.56 Å². The number of para-hydroxylation sites is 1. The molecule has 1 N–H and O–H groups in total. The number of benzene rings is 1. The van der Waals surface area contributed by atoms with E-state index in [0.717, 1.165) is 5.56 Å². The van der Waals surface area contributed by atoms with Crippen molar-refractivity contribution in [3.05, 3.63) is 47.3 Å². The molecule has 1 aromatic heterocycles. The standard InChI is InChI=1S/C11H11NO2S2/c1-9-5-2-3-6-10(9)12-16(13,14)11-7-4-8-15-11/h2-8,12H,1H3. The predicted octanol–water partition coefficient (Wildman–Crippen LogP) is 2.86. The van der Waals surface area contributed by atoms with Crippen molar-refractivity contribution in [2.45, 2.75) is 11.1 Å². The Morgan fingerprint density at radius 1 is 1.12 bits per heavy atom. The summed E-state index contributed by atoms with van der Waals surface area (Å²) < 4.78 is 26.7. The van der Waals surface area contributed by atoms with Crippen molar-refractivity contribution in [2.75, 3.05) is 4.72 Å². The molecule has 0 amide bonds. The first kappa shape index (κ1) is 11.2. The lowest BCUT2D eigenvalue weighted by Gasteiger charge is -2.08. The van der Waals surface area contributed by atoms with Crippen molar-refractivity contribution in [2.24, 2.45) is 0 Å². The Morgan fingerprint density at radius 3 is 2.50 bits per heavy atom. The minimum absolute atomic E-state index is 0.329. The summed E-state index contributed by atoms with van der Waals surface area (Å²) in [5.74, 6) is 0. The highest BCUT2D eigenvalue weighted by Crippen LogP contribution is 2.21. The number of nitrogens with one attached hydrogen (secondary N) is 1. The van der Waals surface area contributed by atoms with Crippen LogP contribution in [0.25, 0.3) is 0 Å². The molecule has 0 fully saturated rings. The maximum absolute atomic E-state index is 11.9. The predicted molar refractivity (Wildman–Crippen MR) is 66.3 cm³/mol. The fraction of sp³-hybridized carbons (Fsp3) is 0.0909. The van der Waals surface area contributed by atoms with Gasteiger partial charge in [-0.05, 0) is 30.0 Å². The number of thiophene rings is 1. The molecule has 84 valence electrons. The molecule has 16 heavy (non-hydrogen) atoms. The van der Waals surface area contributed by atoms with Gasteiger partial charge in [0.05, 0.1) is 5.69 Å². The SMILES string of the molecule is Cc1ccccc1NS(=O)(=O)c1cccs1. The molecule has 1 heterocycles. The Labute approximate surface area is 98.8 Å². The molecule has 0 saturated carbocycles. The largest absolute Gasteiger partial charge is 0.279 e. The first-order valence-corrected chi connectivity index (χ1v) is 7.08. The quantitative estimate of drug-likeness (QED) is 0.914. The molecule has 1 aromatic carbocycles. The number of hydrogen-bond donors (Lipinski definition) is 1. The molecule has 0 radical (unpaired) electrons. The fourth-order valence-corrected chi connectivity index (χ4v) is 3.42. The Morgan fingerprint density at radius 2 is 1.88 bits per heavy atom. The van der Waals surface area contributed by atoms with Crippen molar-refractivity contribution in [1.29, 1.82) is 0 Å². The van der Waals surface area contributed by atoms with Crippen LogP contribution < -0.4 is 4.72 Å². The molecule has 3 nitrogen and oxygen atoms in total. The van der Waals surface area contributed by atoms with Crippen LogP contribution in [0, 0.1) is 6.92 Å². The molecular weight excluding hydrogens is 242 g/mol. The smallest absolute Gasteiger partial charge is 0.271 e. The Kier molecular flexibility index (Phi) is 2.98. The monoisotopic (exact) mass is 253 g/mol. The molecule has 2 aromatic rings. The number of sulfonamides is 1. The van der Waals surface area contributed by atoms with Gasteiger partial charge in [0.15, 0.2) is 0 Å². The molecule has 0 aliphatic carbocycles. The second kappa shape index (κ2) is 4.27. The van der Waals surface area contributed by atoms with Gasteiger partial charge >= 0.3 is 0 Å². The summed E-state index contributed by atoms with van der Waals surface area (Å²) >= 11 is 1.20. The van der Waals surface area contributed by atoms with Crippen molar-refractivity contribution in [3.63, 3.8) is 0 Å². The highest BCUT2D eigenvalue weighted by atomic mass is 32.2. The third-order valence-electron chi connectivity index (χ3n) is 2.15. The maximum atomic E-state index is 11.9. The number of hydrogen-bond acceptors (Lipinski definition) is 3.